The molecule has 0 aromatic carbocycles. The van der Waals surface area contributed by atoms with Gasteiger partial charge in [0.2, 0.25) is 11.8 Å². The number of unbranched alkanes of at least 4 members (excludes halogenated alkanes) is 4. The minimum atomic E-state index is -1.07. The van der Waals surface area contributed by atoms with Crippen molar-refractivity contribution in [2.45, 2.75) is 89.0 Å². The van der Waals surface area contributed by atoms with Crippen molar-refractivity contribution in [3.8, 4) is 0 Å². The summed E-state index contributed by atoms with van der Waals surface area (Å²) in [4.78, 5) is 44.1. The van der Waals surface area contributed by atoms with Crippen LogP contribution >= 0.6 is 0 Å². The SMILES string of the molecule is C=CCCCCOC(=O)[C@@H]1[C@H]2C(=O)N([C@H](C)CO)C(C(=O)N(CC=C)CCCCC)C23CC[C@H]1O3. The lowest BCUT2D eigenvalue weighted by molar-refractivity contribution is -0.156. The van der Waals surface area contributed by atoms with Crippen LogP contribution in [0.2, 0.25) is 0 Å². The fourth-order valence-corrected chi connectivity index (χ4v) is 6.03. The second-order valence-corrected chi connectivity index (χ2v) is 10.1. The summed E-state index contributed by atoms with van der Waals surface area (Å²) < 4.78 is 12.0. The Morgan fingerprint density at radius 1 is 1.29 bits per heavy atom. The van der Waals surface area contributed by atoms with Gasteiger partial charge in [0.1, 0.15) is 11.6 Å². The van der Waals surface area contributed by atoms with E-state index in [0.29, 0.717) is 25.9 Å². The van der Waals surface area contributed by atoms with Crippen molar-refractivity contribution >= 4 is 17.8 Å². The summed E-state index contributed by atoms with van der Waals surface area (Å²) in [5.74, 6) is -2.42. The largest absolute Gasteiger partial charge is 0.465 e. The third-order valence-corrected chi connectivity index (χ3v) is 7.72. The van der Waals surface area contributed by atoms with E-state index >= 15 is 0 Å². The van der Waals surface area contributed by atoms with E-state index in [-0.39, 0.29) is 25.0 Å². The van der Waals surface area contributed by atoms with E-state index in [1.165, 1.54) is 4.90 Å². The molecule has 3 saturated heterocycles. The third-order valence-electron chi connectivity index (χ3n) is 7.72. The van der Waals surface area contributed by atoms with E-state index in [2.05, 4.69) is 20.1 Å². The predicted octanol–water partition coefficient (Wildman–Crippen LogP) is 2.85. The molecule has 2 amide bonds. The van der Waals surface area contributed by atoms with Crippen LogP contribution in [0.25, 0.3) is 0 Å². The van der Waals surface area contributed by atoms with Crippen LogP contribution in [0.1, 0.15) is 65.2 Å². The second-order valence-electron chi connectivity index (χ2n) is 10.1. The molecule has 35 heavy (non-hydrogen) atoms. The summed E-state index contributed by atoms with van der Waals surface area (Å²) in [6.45, 7) is 12.3. The molecule has 6 atom stereocenters. The van der Waals surface area contributed by atoms with Crippen molar-refractivity contribution < 1.29 is 29.0 Å². The molecule has 3 aliphatic rings. The number of carbonyl (C=O) groups excluding carboxylic acids is 3. The van der Waals surface area contributed by atoms with Crippen LogP contribution < -0.4 is 0 Å². The molecule has 0 saturated carbocycles. The lowest BCUT2D eigenvalue weighted by Crippen LogP contribution is -2.58. The molecule has 0 aromatic heterocycles. The zero-order chi connectivity index (χ0) is 25.6. The van der Waals surface area contributed by atoms with Crippen LogP contribution in [0, 0.1) is 11.8 Å². The van der Waals surface area contributed by atoms with Crippen LogP contribution in [0.15, 0.2) is 25.3 Å². The first-order valence-electron chi connectivity index (χ1n) is 13.2. The molecule has 0 radical (unpaired) electrons. The molecule has 8 nitrogen and oxygen atoms in total. The van der Waals surface area contributed by atoms with Gasteiger partial charge >= 0.3 is 5.97 Å². The van der Waals surface area contributed by atoms with Gasteiger partial charge in [-0.25, -0.2) is 0 Å². The maximum Gasteiger partial charge on any atom is 0.312 e. The predicted molar refractivity (Wildman–Crippen MR) is 132 cm³/mol. The number of fused-ring (bicyclic) bond motifs is 1. The molecule has 1 spiro atoms. The minimum Gasteiger partial charge on any atom is -0.465 e. The number of esters is 1. The zero-order valence-corrected chi connectivity index (χ0v) is 21.3. The fraction of sp³-hybridized carbons (Fsp3) is 0.741. The van der Waals surface area contributed by atoms with Gasteiger partial charge in [-0.05, 0) is 45.4 Å². The Balaban J connectivity index is 1.87. The van der Waals surface area contributed by atoms with Gasteiger partial charge in [0.25, 0.3) is 0 Å². The van der Waals surface area contributed by atoms with Gasteiger partial charge in [-0.15, -0.1) is 13.2 Å². The molecule has 1 N–H and O–H groups in total. The first-order chi connectivity index (χ1) is 16.9. The smallest absolute Gasteiger partial charge is 0.312 e. The summed E-state index contributed by atoms with van der Waals surface area (Å²) in [5, 5.41) is 9.95. The fourth-order valence-electron chi connectivity index (χ4n) is 6.03. The van der Waals surface area contributed by atoms with Gasteiger partial charge in [-0.2, -0.15) is 0 Å². The van der Waals surface area contributed by atoms with Gasteiger partial charge in [0.15, 0.2) is 0 Å². The lowest BCUT2D eigenvalue weighted by Gasteiger charge is -2.38. The van der Waals surface area contributed by atoms with Gasteiger partial charge < -0.3 is 24.4 Å². The van der Waals surface area contributed by atoms with Crippen LogP contribution in [-0.4, -0.2) is 82.8 Å². The van der Waals surface area contributed by atoms with Crippen molar-refractivity contribution in [1.82, 2.24) is 9.80 Å². The molecule has 3 rings (SSSR count). The maximum atomic E-state index is 14.0. The first-order valence-corrected chi connectivity index (χ1v) is 13.2. The number of hydrogen-bond acceptors (Lipinski definition) is 6. The highest BCUT2D eigenvalue weighted by molar-refractivity contribution is 5.98. The van der Waals surface area contributed by atoms with Gasteiger partial charge in [0.05, 0.1) is 37.2 Å². The standard InChI is InChI=1S/C27H42N2O6/c1-5-8-10-12-17-34-26(33)21-20-13-14-27(35-20)22(21)24(31)29(19(4)18-30)23(27)25(32)28(15-7-3)16-11-9-6-2/h5,7,19-23,30H,1,3,6,8-18H2,2,4H3/t19-,20-,21+,22+,23?,27?/m1/s1. The number of carbonyl (C=O) groups is 3. The molecule has 8 heteroatoms. The van der Waals surface area contributed by atoms with E-state index in [0.717, 1.165) is 38.5 Å². The van der Waals surface area contributed by atoms with Gasteiger partial charge in [-0.1, -0.05) is 31.9 Å². The number of aliphatic hydroxyl groups is 1. The van der Waals surface area contributed by atoms with Crippen molar-refractivity contribution in [2.75, 3.05) is 26.3 Å². The number of aliphatic hydroxyl groups excluding tert-OH is 1. The van der Waals surface area contributed by atoms with Gasteiger partial charge in [-0.3, -0.25) is 14.4 Å². The Labute approximate surface area is 209 Å². The Kier molecular flexibility index (Phi) is 9.53. The summed E-state index contributed by atoms with van der Waals surface area (Å²) in [6, 6.07) is -1.45. The van der Waals surface area contributed by atoms with Crippen LogP contribution in [0.3, 0.4) is 0 Å². The Morgan fingerprint density at radius 3 is 2.71 bits per heavy atom. The molecule has 3 fully saturated rings. The Hall–Kier alpha value is -2.19. The quantitative estimate of drug-likeness (QED) is 0.215. The maximum absolute atomic E-state index is 14.0. The highest BCUT2D eigenvalue weighted by Gasteiger charge is 2.75. The number of ether oxygens (including phenoxy) is 2. The lowest BCUT2D eigenvalue weighted by atomic mass is 9.70. The van der Waals surface area contributed by atoms with Crippen LogP contribution in [0.4, 0.5) is 0 Å². The van der Waals surface area contributed by atoms with Gasteiger partial charge in [0, 0.05) is 13.1 Å². The first kappa shape index (κ1) is 27.4. The van der Waals surface area contributed by atoms with E-state index in [1.807, 2.05) is 6.08 Å². The Morgan fingerprint density at radius 2 is 2.06 bits per heavy atom. The van der Waals surface area contributed by atoms with Crippen LogP contribution in [-0.2, 0) is 23.9 Å². The molecule has 2 unspecified atom stereocenters. The van der Waals surface area contributed by atoms with E-state index in [4.69, 9.17) is 9.47 Å². The average Bonchev–Trinajstić information content (AvgIpc) is 3.50. The van der Waals surface area contributed by atoms with E-state index in [1.54, 1.807) is 17.9 Å². The van der Waals surface area contributed by atoms with E-state index in [9.17, 15) is 19.5 Å². The topological polar surface area (TPSA) is 96.4 Å². The molecule has 196 valence electrons. The normalized spacial score (nSPS) is 29.7. The summed E-state index contributed by atoms with van der Waals surface area (Å²) in [5.41, 5.74) is -1.07. The highest BCUT2D eigenvalue weighted by Crippen LogP contribution is 2.59. The van der Waals surface area contributed by atoms with Crippen molar-refractivity contribution in [3.05, 3.63) is 25.3 Å². The zero-order valence-electron chi connectivity index (χ0n) is 21.3. The summed E-state index contributed by atoms with van der Waals surface area (Å²) >= 11 is 0. The average molecular weight is 491 g/mol. The molecule has 2 bridgehead atoms. The second kappa shape index (κ2) is 12.2. The monoisotopic (exact) mass is 490 g/mol. The number of nitrogens with zero attached hydrogens (tertiary/aromatic N) is 2. The molecule has 0 aromatic rings. The number of likely N-dealkylation sites (tertiary alicyclic amines) is 1. The van der Waals surface area contributed by atoms with Crippen molar-refractivity contribution in [3.63, 3.8) is 0 Å². The van der Waals surface area contributed by atoms with Crippen LogP contribution in [0.5, 0.6) is 0 Å². The summed E-state index contributed by atoms with van der Waals surface area (Å²) in [6.07, 6.45) is 9.55. The molecular formula is C27H42N2O6. The summed E-state index contributed by atoms with van der Waals surface area (Å²) in [7, 11) is 0. The molecule has 3 aliphatic heterocycles. The third kappa shape index (κ3) is 5.19. The van der Waals surface area contributed by atoms with Crippen molar-refractivity contribution in [1.29, 1.82) is 0 Å². The number of allylic oxidation sites excluding steroid dienone is 1. The molecular weight excluding hydrogens is 448 g/mol. The number of hydrogen-bond donors (Lipinski definition) is 1. The highest BCUT2D eigenvalue weighted by atomic mass is 16.6. The van der Waals surface area contributed by atoms with Crippen molar-refractivity contribution in [2.24, 2.45) is 11.8 Å². The molecule has 0 aliphatic carbocycles. The van der Waals surface area contributed by atoms with E-state index < -0.39 is 41.6 Å². The number of amides is 2. The Bertz CT molecular complexity index is 801. The molecule has 3 heterocycles. The minimum absolute atomic E-state index is 0.198. The number of rotatable bonds is 15.